The van der Waals surface area contributed by atoms with Gasteiger partial charge in [0.25, 0.3) is 5.91 Å². The van der Waals surface area contributed by atoms with Gasteiger partial charge in [-0.2, -0.15) is 0 Å². The van der Waals surface area contributed by atoms with E-state index < -0.39 is 17.5 Å². The van der Waals surface area contributed by atoms with Crippen LogP contribution >= 0.6 is 0 Å². The molecule has 0 aromatic heterocycles. The van der Waals surface area contributed by atoms with E-state index in [1.807, 2.05) is 6.92 Å². The van der Waals surface area contributed by atoms with Crippen LogP contribution in [0.4, 0.5) is 4.79 Å². The number of hydrogen-bond donors (Lipinski definition) is 2. The minimum absolute atomic E-state index is 0.128. The van der Waals surface area contributed by atoms with Crippen LogP contribution in [0.5, 0.6) is 5.75 Å². The molecule has 4 amide bonds. The molecule has 7 nitrogen and oxygen atoms in total. The number of imide groups is 1. The second kappa shape index (κ2) is 7.38. The Kier molecular flexibility index (Phi) is 5.46. The molecule has 0 bridgehead atoms. The predicted molar refractivity (Wildman–Crippen MR) is 92.8 cm³/mol. The molecular weight excluding hydrogens is 322 g/mol. The lowest BCUT2D eigenvalue weighted by molar-refractivity contribution is -0.131. The van der Waals surface area contributed by atoms with Gasteiger partial charge in [0.05, 0.1) is 0 Å². The van der Waals surface area contributed by atoms with Crippen LogP contribution in [-0.4, -0.2) is 35.9 Å². The van der Waals surface area contributed by atoms with Gasteiger partial charge in [-0.15, -0.1) is 0 Å². The smallest absolute Gasteiger partial charge is 0.325 e. The van der Waals surface area contributed by atoms with E-state index in [-0.39, 0.29) is 18.9 Å². The van der Waals surface area contributed by atoms with Crippen LogP contribution < -0.4 is 15.8 Å². The molecule has 1 heterocycles. The van der Waals surface area contributed by atoms with E-state index in [2.05, 4.69) is 11.9 Å². The van der Waals surface area contributed by atoms with Crippen LogP contribution in [0.15, 0.2) is 36.4 Å². The van der Waals surface area contributed by atoms with E-state index in [0.717, 1.165) is 10.5 Å². The third kappa shape index (κ3) is 4.17. The van der Waals surface area contributed by atoms with Crippen molar-refractivity contribution >= 4 is 17.8 Å². The number of ether oxygens (including phenoxy) is 1. The van der Waals surface area contributed by atoms with Crippen molar-refractivity contribution in [2.45, 2.75) is 32.2 Å². The van der Waals surface area contributed by atoms with Crippen LogP contribution in [0.2, 0.25) is 0 Å². The maximum Gasteiger partial charge on any atom is 0.325 e. The van der Waals surface area contributed by atoms with E-state index in [1.54, 1.807) is 31.2 Å². The van der Waals surface area contributed by atoms with E-state index in [4.69, 9.17) is 10.5 Å². The molecule has 134 valence electrons. The van der Waals surface area contributed by atoms with Crippen LogP contribution in [0.3, 0.4) is 0 Å². The maximum absolute atomic E-state index is 12.7. The minimum atomic E-state index is -1.14. The van der Waals surface area contributed by atoms with Crippen molar-refractivity contribution in [2.75, 3.05) is 13.2 Å². The summed E-state index contributed by atoms with van der Waals surface area (Å²) in [5.41, 5.74) is 5.51. The average Bonchev–Trinajstić information content (AvgIpc) is 2.77. The largest absolute Gasteiger partial charge is 0.489 e. The number of nitrogens with zero attached hydrogens (tertiary/aromatic N) is 1. The first-order valence-electron chi connectivity index (χ1n) is 8.04. The summed E-state index contributed by atoms with van der Waals surface area (Å²) in [6.45, 7) is 7.87. The molecule has 0 radical (unpaired) electrons. The Labute approximate surface area is 146 Å². The number of carbonyl (C=O) groups is 3. The van der Waals surface area contributed by atoms with Gasteiger partial charge in [0.2, 0.25) is 5.91 Å². The Morgan fingerprint density at radius 2 is 1.96 bits per heavy atom. The van der Waals surface area contributed by atoms with Crippen molar-refractivity contribution in [2.24, 2.45) is 5.73 Å². The zero-order valence-electron chi connectivity index (χ0n) is 14.5. The number of urea groups is 1. The molecule has 1 aliphatic heterocycles. The molecule has 0 saturated carbocycles. The van der Waals surface area contributed by atoms with Gasteiger partial charge in [-0.3, -0.25) is 14.5 Å². The predicted octanol–water partition coefficient (Wildman–Crippen LogP) is 1.67. The normalized spacial score (nSPS) is 19.7. The fraction of sp³-hybridized carbons (Fsp3) is 0.389. The van der Waals surface area contributed by atoms with Crippen LogP contribution in [-0.2, 0) is 15.1 Å². The molecule has 7 heteroatoms. The van der Waals surface area contributed by atoms with Crippen LogP contribution in [0.1, 0.15) is 32.3 Å². The lowest BCUT2D eigenvalue weighted by Crippen LogP contribution is -2.41. The zero-order valence-corrected chi connectivity index (χ0v) is 14.5. The van der Waals surface area contributed by atoms with E-state index in [0.29, 0.717) is 24.3 Å². The highest BCUT2D eigenvalue weighted by atomic mass is 16.5. The summed E-state index contributed by atoms with van der Waals surface area (Å²) in [5.74, 6) is -0.150. The van der Waals surface area contributed by atoms with Gasteiger partial charge >= 0.3 is 6.03 Å². The van der Waals surface area contributed by atoms with Crippen molar-refractivity contribution < 1.29 is 19.1 Å². The van der Waals surface area contributed by atoms with Gasteiger partial charge in [0, 0.05) is 13.0 Å². The number of amides is 4. The third-order valence-corrected chi connectivity index (χ3v) is 4.00. The number of primary amides is 1. The first-order chi connectivity index (χ1) is 11.7. The number of nitrogens with two attached hydrogens (primary N) is 1. The Morgan fingerprint density at radius 3 is 2.52 bits per heavy atom. The summed E-state index contributed by atoms with van der Waals surface area (Å²) < 4.78 is 5.54. The first-order valence-corrected chi connectivity index (χ1v) is 8.04. The van der Waals surface area contributed by atoms with Crippen molar-refractivity contribution in [1.82, 2.24) is 10.2 Å². The van der Waals surface area contributed by atoms with Crippen LogP contribution in [0, 0.1) is 0 Å². The number of hydrogen-bond acceptors (Lipinski definition) is 4. The quantitative estimate of drug-likeness (QED) is 0.553. The Bertz CT molecular complexity index is 699. The molecule has 1 saturated heterocycles. The standard InChI is InChI=1S/C18H23N3O4/c1-12(2)11-25-14-8-6-13(7-9-14)18(3)16(23)21(17(24)20-18)10-4-5-15(19)22/h6-9H,1,4-5,10-11H2,2-3H3,(H2,19,22)(H,20,24). The summed E-state index contributed by atoms with van der Waals surface area (Å²) in [7, 11) is 0. The topological polar surface area (TPSA) is 102 Å². The van der Waals surface area contributed by atoms with Gasteiger partial charge < -0.3 is 15.8 Å². The first kappa shape index (κ1) is 18.5. The summed E-state index contributed by atoms with van der Waals surface area (Å²) in [4.78, 5) is 36.8. The third-order valence-electron chi connectivity index (χ3n) is 4.00. The van der Waals surface area contributed by atoms with Gasteiger partial charge in [0.15, 0.2) is 0 Å². The second-order valence-corrected chi connectivity index (χ2v) is 6.35. The molecule has 1 aromatic carbocycles. The Balaban J connectivity index is 2.09. The van der Waals surface area contributed by atoms with Gasteiger partial charge in [-0.25, -0.2) is 4.79 Å². The molecule has 1 aromatic rings. The van der Waals surface area contributed by atoms with E-state index >= 15 is 0 Å². The Hall–Kier alpha value is -2.83. The highest BCUT2D eigenvalue weighted by Gasteiger charge is 2.48. The molecule has 0 aliphatic carbocycles. The highest BCUT2D eigenvalue weighted by Crippen LogP contribution is 2.30. The number of benzene rings is 1. The fourth-order valence-electron chi connectivity index (χ4n) is 2.60. The summed E-state index contributed by atoms with van der Waals surface area (Å²) >= 11 is 0. The highest BCUT2D eigenvalue weighted by molar-refractivity contribution is 6.07. The van der Waals surface area contributed by atoms with Gasteiger partial charge in [-0.1, -0.05) is 18.7 Å². The van der Waals surface area contributed by atoms with Gasteiger partial charge in [-0.05, 0) is 43.5 Å². The van der Waals surface area contributed by atoms with Crippen molar-refractivity contribution in [3.63, 3.8) is 0 Å². The average molecular weight is 345 g/mol. The monoisotopic (exact) mass is 345 g/mol. The van der Waals surface area contributed by atoms with Crippen molar-refractivity contribution in [3.05, 3.63) is 42.0 Å². The van der Waals surface area contributed by atoms with Gasteiger partial charge in [0.1, 0.15) is 17.9 Å². The molecule has 1 aliphatic rings. The lowest BCUT2D eigenvalue weighted by atomic mass is 9.92. The Morgan fingerprint density at radius 1 is 1.32 bits per heavy atom. The van der Waals surface area contributed by atoms with Crippen molar-refractivity contribution in [3.8, 4) is 5.75 Å². The molecular formula is C18H23N3O4. The lowest BCUT2D eigenvalue weighted by Gasteiger charge is -2.22. The number of nitrogens with one attached hydrogen (secondary N) is 1. The minimum Gasteiger partial charge on any atom is -0.489 e. The number of carbonyl (C=O) groups excluding carboxylic acids is 3. The van der Waals surface area contributed by atoms with E-state index in [1.165, 1.54) is 0 Å². The maximum atomic E-state index is 12.7. The molecule has 1 atom stereocenters. The SMILES string of the molecule is C=C(C)COc1ccc(C2(C)NC(=O)N(CCCC(N)=O)C2=O)cc1. The molecule has 0 spiro atoms. The molecule has 2 rings (SSSR count). The zero-order chi connectivity index (χ0) is 18.6. The summed E-state index contributed by atoms with van der Waals surface area (Å²) in [5, 5.41) is 2.72. The van der Waals surface area contributed by atoms with E-state index in [9.17, 15) is 14.4 Å². The summed E-state index contributed by atoms with van der Waals surface area (Å²) in [6, 6.07) is 6.52. The van der Waals surface area contributed by atoms with Crippen LogP contribution in [0.25, 0.3) is 0 Å². The molecule has 3 N–H and O–H groups in total. The second-order valence-electron chi connectivity index (χ2n) is 6.35. The van der Waals surface area contributed by atoms with Crippen molar-refractivity contribution in [1.29, 1.82) is 0 Å². The molecule has 25 heavy (non-hydrogen) atoms. The molecule has 1 unspecified atom stereocenters. The fourth-order valence-corrected chi connectivity index (χ4v) is 2.60. The number of rotatable bonds is 8. The molecule has 1 fully saturated rings. The summed E-state index contributed by atoms with van der Waals surface area (Å²) in [6.07, 6.45) is 0.473.